The van der Waals surface area contributed by atoms with E-state index in [-0.39, 0.29) is 17.0 Å². The van der Waals surface area contributed by atoms with Crippen molar-refractivity contribution in [2.45, 2.75) is 24.6 Å². The number of hydrogen-bond donors (Lipinski definition) is 6. The lowest BCUT2D eigenvalue weighted by atomic mass is 10.1. The van der Waals surface area contributed by atoms with E-state index < -0.39 is 53.6 Å². The molecule has 0 spiro atoms. The highest BCUT2D eigenvalue weighted by atomic mass is 32.5. The number of nitrogens with two attached hydrogens (primary N) is 1. The van der Waals surface area contributed by atoms with Gasteiger partial charge < -0.3 is 39.7 Å². The fourth-order valence-corrected chi connectivity index (χ4v) is 6.56. The summed E-state index contributed by atoms with van der Waals surface area (Å²) in [6, 6.07) is 0. The molecule has 0 amide bonds. The van der Waals surface area contributed by atoms with Crippen molar-refractivity contribution in [3.05, 3.63) is 12.7 Å². The Morgan fingerprint density at radius 1 is 1.23 bits per heavy atom. The highest BCUT2D eigenvalue weighted by molar-refractivity contribution is 8.08. The molecule has 1 saturated heterocycles. The van der Waals surface area contributed by atoms with Crippen molar-refractivity contribution < 1.29 is 56.1 Å². The maximum atomic E-state index is 14.6. The lowest BCUT2D eigenvalue weighted by Crippen LogP contribution is -2.31. The van der Waals surface area contributed by atoms with E-state index in [9.17, 15) is 28.4 Å². The Kier molecular flexibility index (Phi) is 6.97. The number of aliphatic hydroxyl groups excluding tert-OH is 1. The zero-order valence-corrected chi connectivity index (χ0v) is 18.4. The molecule has 0 aromatic carbocycles. The zero-order chi connectivity index (χ0) is 23.2. The second kappa shape index (κ2) is 8.76. The molecule has 0 radical (unpaired) electrons. The summed E-state index contributed by atoms with van der Waals surface area (Å²) < 4.78 is 55.6. The van der Waals surface area contributed by atoms with Gasteiger partial charge in [-0.25, -0.2) is 32.8 Å². The SMILES string of the molecule is Nc1ncnc2c1ncn2C1OC(COP(O)(=S)OP(=O)(O)OP(=O)(O)O)C(O)C1F. The van der Waals surface area contributed by atoms with Crippen molar-refractivity contribution in [1.29, 1.82) is 0 Å². The Labute approximate surface area is 176 Å². The summed E-state index contributed by atoms with van der Waals surface area (Å²) in [6.45, 7) is -5.47. The number of aromatic nitrogens is 4. The molecule has 3 rings (SSSR count). The molecule has 2 aromatic rings. The molecule has 1 fully saturated rings. The van der Waals surface area contributed by atoms with Gasteiger partial charge in [0.25, 0.3) is 0 Å². The van der Waals surface area contributed by atoms with Crippen LogP contribution in [0.3, 0.4) is 0 Å². The monoisotopic (exact) mass is 525 g/mol. The first-order valence-corrected chi connectivity index (χ1v) is 13.5. The van der Waals surface area contributed by atoms with E-state index in [1.165, 1.54) is 0 Å². The molecule has 3 heterocycles. The number of fused-ring (bicyclic) bond motifs is 1. The summed E-state index contributed by atoms with van der Waals surface area (Å²) in [4.78, 5) is 47.7. The van der Waals surface area contributed by atoms with E-state index in [2.05, 4.69) is 35.4 Å². The average Bonchev–Trinajstić information content (AvgIpc) is 3.13. The van der Waals surface area contributed by atoms with Crippen LogP contribution in [0, 0.1) is 0 Å². The Bertz CT molecular complexity index is 1110. The van der Waals surface area contributed by atoms with E-state index >= 15 is 0 Å². The summed E-state index contributed by atoms with van der Waals surface area (Å²) in [6.07, 6.45) is -4.45. The van der Waals surface area contributed by atoms with Crippen LogP contribution in [0.2, 0.25) is 0 Å². The standard InChI is InChI=1S/C10H15FN5O11P3S/c11-5-7(17)4(1-24-30(23,31)27-29(21,22)26-28(18,19)20)25-10(5)16-3-15-6-8(12)13-2-14-9(6)16/h2-5,7,10,17H,1H2,(H,21,22)(H,23,31)(H2,12,13,14)(H2,18,19,20). The van der Waals surface area contributed by atoms with Crippen molar-refractivity contribution >= 4 is 51.2 Å². The van der Waals surface area contributed by atoms with Crippen LogP contribution in [0.5, 0.6) is 0 Å². The molecule has 16 nitrogen and oxygen atoms in total. The summed E-state index contributed by atoms with van der Waals surface area (Å²) in [5.41, 5.74) is 5.93. The zero-order valence-electron chi connectivity index (χ0n) is 14.9. The van der Waals surface area contributed by atoms with Crippen LogP contribution in [0.15, 0.2) is 12.7 Å². The number of rotatable bonds is 8. The maximum absolute atomic E-state index is 14.6. The third-order valence-corrected chi connectivity index (χ3v) is 8.49. The molecular weight excluding hydrogens is 510 g/mol. The fourth-order valence-electron chi connectivity index (χ4n) is 2.59. The molecule has 174 valence electrons. The van der Waals surface area contributed by atoms with Crippen LogP contribution < -0.4 is 5.73 Å². The summed E-state index contributed by atoms with van der Waals surface area (Å²) in [5.74, 6) is 0.0293. The average molecular weight is 525 g/mol. The number of imidazole rings is 1. The number of alkyl halides is 1. The molecule has 0 bridgehead atoms. The highest BCUT2D eigenvalue weighted by Gasteiger charge is 2.47. The van der Waals surface area contributed by atoms with Crippen molar-refractivity contribution in [2.24, 2.45) is 0 Å². The Hall–Kier alpha value is -0.970. The number of ether oxygens (including phenoxy) is 1. The van der Waals surface area contributed by atoms with Crippen LogP contribution in [0.4, 0.5) is 10.2 Å². The lowest BCUT2D eigenvalue weighted by Gasteiger charge is -2.21. The molecule has 0 saturated carbocycles. The van der Waals surface area contributed by atoms with E-state index in [1.54, 1.807) is 0 Å². The minimum Gasteiger partial charge on any atom is -0.387 e. The van der Waals surface area contributed by atoms with Crippen LogP contribution in [-0.4, -0.2) is 69.2 Å². The first-order valence-electron chi connectivity index (χ1n) is 7.88. The smallest absolute Gasteiger partial charge is 0.387 e. The van der Waals surface area contributed by atoms with Gasteiger partial charge in [0, 0.05) is 0 Å². The van der Waals surface area contributed by atoms with Crippen LogP contribution in [0.1, 0.15) is 6.23 Å². The van der Waals surface area contributed by atoms with Gasteiger partial charge in [0.15, 0.2) is 23.9 Å². The number of hydrogen-bond acceptors (Lipinski definition) is 12. The van der Waals surface area contributed by atoms with E-state index in [1.807, 2.05) is 0 Å². The van der Waals surface area contributed by atoms with Gasteiger partial charge in [0.1, 0.15) is 24.1 Å². The Morgan fingerprint density at radius 3 is 2.55 bits per heavy atom. The predicted octanol–water partition coefficient (Wildman–Crippen LogP) is -0.535. The molecular formula is C10H15FN5O11P3S. The summed E-state index contributed by atoms with van der Waals surface area (Å²) in [5, 5.41) is 10.1. The van der Waals surface area contributed by atoms with E-state index in [0.717, 1.165) is 17.2 Å². The number of halogens is 1. The second-order valence-electron chi connectivity index (χ2n) is 5.97. The van der Waals surface area contributed by atoms with Crippen molar-refractivity contribution in [3.63, 3.8) is 0 Å². The molecule has 0 aliphatic carbocycles. The molecule has 31 heavy (non-hydrogen) atoms. The largest absolute Gasteiger partial charge is 0.488 e. The first kappa shape index (κ1) is 24.7. The lowest BCUT2D eigenvalue weighted by molar-refractivity contribution is -0.0428. The van der Waals surface area contributed by atoms with E-state index in [0.29, 0.717) is 0 Å². The first-order chi connectivity index (χ1) is 14.2. The normalized spacial score (nSPS) is 28.5. The fraction of sp³-hybridized carbons (Fsp3) is 0.500. The highest BCUT2D eigenvalue weighted by Crippen LogP contribution is 2.66. The Morgan fingerprint density at radius 2 is 1.90 bits per heavy atom. The Balaban J connectivity index is 1.69. The molecule has 2 aromatic heterocycles. The minimum absolute atomic E-state index is 0.0293. The summed E-state index contributed by atoms with van der Waals surface area (Å²) >= 11 is 4.45. The molecule has 6 unspecified atom stereocenters. The molecule has 1 aliphatic rings. The van der Waals surface area contributed by atoms with Gasteiger partial charge in [0.05, 0.1) is 12.9 Å². The van der Waals surface area contributed by atoms with Gasteiger partial charge in [-0.2, -0.15) is 4.31 Å². The second-order valence-corrected chi connectivity index (χ2v) is 11.8. The van der Waals surface area contributed by atoms with Gasteiger partial charge in [-0.15, -0.1) is 0 Å². The number of aliphatic hydroxyl groups is 1. The van der Waals surface area contributed by atoms with Crippen LogP contribution >= 0.6 is 22.4 Å². The third kappa shape index (κ3) is 5.89. The number of anilines is 1. The van der Waals surface area contributed by atoms with Gasteiger partial charge in [-0.1, -0.05) is 0 Å². The van der Waals surface area contributed by atoms with Crippen molar-refractivity contribution in [2.75, 3.05) is 12.3 Å². The number of nitrogens with zero attached hydrogens (tertiary/aromatic N) is 4. The van der Waals surface area contributed by atoms with Gasteiger partial charge in [-0.05, 0) is 11.8 Å². The maximum Gasteiger partial charge on any atom is 0.488 e. The molecule has 1 aliphatic heterocycles. The molecule has 6 atom stereocenters. The van der Waals surface area contributed by atoms with Gasteiger partial charge >= 0.3 is 22.4 Å². The minimum atomic E-state index is -5.52. The van der Waals surface area contributed by atoms with Crippen molar-refractivity contribution in [1.82, 2.24) is 19.5 Å². The van der Waals surface area contributed by atoms with E-state index in [4.69, 9.17) is 24.8 Å². The molecule has 21 heteroatoms. The quantitative estimate of drug-likeness (QED) is 0.237. The van der Waals surface area contributed by atoms with Crippen LogP contribution in [0.25, 0.3) is 11.2 Å². The predicted molar refractivity (Wildman–Crippen MR) is 101 cm³/mol. The van der Waals surface area contributed by atoms with Gasteiger partial charge in [0.2, 0.25) is 0 Å². The molecule has 7 N–H and O–H groups in total. The number of phosphoric acid groups is 2. The van der Waals surface area contributed by atoms with Gasteiger partial charge in [-0.3, -0.25) is 4.57 Å². The third-order valence-electron chi connectivity index (χ3n) is 3.77. The number of nitrogen functional groups attached to an aromatic ring is 1. The topological polar surface area (TPSA) is 242 Å². The van der Waals surface area contributed by atoms with Crippen molar-refractivity contribution in [3.8, 4) is 0 Å². The summed E-state index contributed by atoms with van der Waals surface area (Å²) in [7, 11) is -11.0. The van der Waals surface area contributed by atoms with Crippen LogP contribution in [-0.2, 0) is 38.8 Å².